The third-order valence-corrected chi connectivity index (χ3v) is 9.03. The van der Waals surface area contributed by atoms with E-state index < -0.39 is 0 Å². The van der Waals surface area contributed by atoms with Crippen LogP contribution in [0.2, 0.25) is 0 Å². The lowest BCUT2D eigenvalue weighted by atomic mass is 9.98. The molecule has 3 heteroatoms. The maximum absolute atomic E-state index is 6.29. The SMILES string of the molecule is C=CC=C(C=C)c1ccc(Nc2ccc3oc4ccc(-c5cc6c7ccccc7n7c8ccccc8c(c5)c67)cc4c3c2)cc1. The van der Waals surface area contributed by atoms with Crippen molar-refractivity contribution in [3.05, 3.63) is 158 Å². The molecule has 0 amide bonds. The van der Waals surface area contributed by atoms with Crippen molar-refractivity contribution in [2.75, 3.05) is 5.32 Å². The van der Waals surface area contributed by atoms with Gasteiger partial charge in [0.15, 0.2) is 0 Å². The first-order chi connectivity index (χ1) is 22.2. The van der Waals surface area contributed by atoms with Crippen molar-refractivity contribution in [3.8, 4) is 11.1 Å². The standard InChI is InChI=1S/C42H28N2O/c1-3-9-26(4-2)27-14-17-30(18-15-27)43-31-19-21-41-35(25-31)34-22-28(16-20-40(34)45-41)29-23-36-32-10-5-7-12-38(32)44-39-13-8-6-11-33(39)37(24-29)42(36)44/h3-25,43H,1-2H2. The van der Waals surface area contributed by atoms with Crippen LogP contribution in [-0.2, 0) is 0 Å². The molecule has 0 aliphatic carbocycles. The lowest BCUT2D eigenvalue weighted by molar-refractivity contribution is 0.669. The van der Waals surface area contributed by atoms with Crippen molar-refractivity contribution in [2.45, 2.75) is 0 Å². The summed E-state index contributed by atoms with van der Waals surface area (Å²) in [5.41, 5.74) is 12.1. The lowest BCUT2D eigenvalue weighted by Gasteiger charge is -2.08. The number of anilines is 2. The largest absolute Gasteiger partial charge is 0.456 e. The molecule has 0 bridgehead atoms. The molecule has 0 aliphatic heterocycles. The van der Waals surface area contributed by atoms with Crippen molar-refractivity contribution in [1.82, 2.24) is 4.40 Å². The number of fused-ring (bicyclic) bond motifs is 9. The van der Waals surface area contributed by atoms with Gasteiger partial charge in [-0.3, -0.25) is 0 Å². The summed E-state index contributed by atoms with van der Waals surface area (Å²) in [7, 11) is 0. The molecule has 3 nitrogen and oxygen atoms in total. The van der Waals surface area contributed by atoms with Crippen molar-refractivity contribution >= 4 is 77.0 Å². The second-order valence-corrected chi connectivity index (χ2v) is 11.6. The third kappa shape index (κ3) is 3.84. The average Bonchev–Trinajstić information content (AvgIpc) is 3.74. The summed E-state index contributed by atoms with van der Waals surface area (Å²) >= 11 is 0. The molecule has 9 aromatic rings. The molecule has 6 aromatic carbocycles. The maximum Gasteiger partial charge on any atom is 0.135 e. The lowest BCUT2D eigenvalue weighted by Crippen LogP contribution is -1.90. The fourth-order valence-corrected chi connectivity index (χ4v) is 6.97. The molecular formula is C42H28N2O. The molecule has 0 spiro atoms. The monoisotopic (exact) mass is 576 g/mol. The van der Waals surface area contributed by atoms with Gasteiger partial charge >= 0.3 is 0 Å². The van der Waals surface area contributed by atoms with Gasteiger partial charge in [-0.15, -0.1) is 0 Å². The van der Waals surface area contributed by atoms with Crippen LogP contribution in [0.4, 0.5) is 11.4 Å². The summed E-state index contributed by atoms with van der Waals surface area (Å²) < 4.78 is 8.71. The van der Waals surface area contributed by atoms with E-state index in [1.165, 1.54) is 49.2 Å². The number of nitrogens with one attached hydrogen (secondary N) is 1. The quantitative estimate of drug-likeness (QED) is 0.200. The number of hydrogen-bond donors (Lipinski definition) is 1. The van der Waals surface area contributed by atoms with E-state index in [-0.39, 0.29) is 0 Å². The van der Waals surface area contributed by atoms with Gasteiger partial charge in [-0.05, 0) is 89.0 Å². The second kappa shape index (κ2) is 9.73. The molecule has 45 heavy (non-hydrogen) atoms. The number of aromatic nitrogens is 1. The number of para-hydroxylation sites is 2. The predicted molar refractivity (Wildman–Crippen MR) is 192 cm³/mol. The topological polar surface area (TPSA) is 29.6 Å². The number of furan rings is 1. The first kappa shape index (κ1) is 25.4. The Bertz CT molecular complexity index is 2560. The van der Waals surface area contributed by atoms with E-state index in [4.69, 9.17) is 4.42 Å². The minimum absolute atomic E-state index is 0.874. The normalized spacial score (nSPS) is 12.3. The van der Waals surface area contributed by atoms with Crippen molar-refractivity contribution in [3.63, 3.8) is 0 Å². The van der Waals surface area contributed by atoms with E-state index in [2.05, 4.69) is 138 Å². The van der Waals surface area contributed by atoms with E-state index in [9.17, 15) is 0 Å². The summed E-state index contributed by atoms with van der Waals surface area (Å²) in [6.45, 7) is 7.73. The van der Waals surface area contributed by atoms with Gasteiger partial charge in [0, 0.05) is 43.7 Å². The molecule has 3 heterocycles. The highest BCUT2D eigenvalue weighted by Crippen LogP contribution is 2.42. The molecule has 0 aliphatic rings. The predicted octanol–water partition coefficient (Wildman–Crippen LogP) is 11.9. The van der Waals surface area contributed by atoms with E-state index in [0.717, 1.165) is 44.4 Å². The van der Waals surface area contributed by atoms with Crippen LogP contribution in [0.3, 0.4) is 0 Å². The fraction of sp³-hybridized carbons (Fsp3) is 0. The van der Waals surface area contributed by atoms with Gasteiger partial charge in [-0.1, -0.05) is 86.0 Å². The zero-order valence-corrected chi connectivity index (χ0v) is 24.5. The van der Waals surface area contributed by atoms with Crippen molar-refractivity contribution in [2.24, 2.45) is 0 Å². The third-order valence-electron chi connectivity index (χ3n) is 9.03. The molecule has 9 rings (SSSR count). The van der Waals surface area contributed by atoms with Crippen molar-refractivity contribution in [1.29, 1.82) is 0 Å². The van der Waals surface area contributed by atoms with Gasteiger partial charge in [0.1, 0.15) is 11.2 Å². The molecule has 0 saturated carbocycles. The van der Waals surface area contributed by atoms with Gasteiger partial charge in [-0.2, -0.15) is 0 Å². The second-order valence-electron chi connectivity index (χ2n) is 11.6. The van der Waals surface area contributed by atoms with E-state index in [1.807, 2.05) is 18.2 Å². The smallest absolute Gasteiger partial charge is 0.135 e. The van der Waals surface area contributed by atoms with Crippen molar-refractivity contribution < 1.29 is 4.42 Å². The number of hydrogen-bond acceptors (Lipinski definition) is 2. The van der Waals surface area contributed by atoms with E-state index >= 15 is 0 Å². The van der Waals surface area contributed by atoms with Gasteiger partial charge < -0.3 is 14.1 Å². The number of allylic oxidation sites excluding steroid dienone is 4. The molecular weight excluding hydrogens is 548 g/mol. The minimum Gasteiger partial charge on any atom is -0.456 e. The summed E-state index contributed by atoms with van der Waals surface area (Å²) in [5, 5.41) is 10.9. The van der Waals surface area contributed by atoms with Crippen LogP contribution in [0.1, 0.15) is 5.56 Å². The van der Waals surface area contributed by atoms with Gasteiger partial charge in [-0.25, -0.2) is 0 Å². The highest BCUT2D eigenvalue weighted by Gasteiger charge is 2.19. The zero-order chi connectivity index (χ0) is 30.1. The molecule has 3 aromatic heterocycles. The molecule has 212 valence electrons. The Morgan fingerprint density at radius 3 is 1.84 bits per heavy atom. The Balaban J connectivity index is 1.16. The summed E-state index contributed by atoms with van der Waals surface area (Å²) in [4.78, 5) is 0. The fourth-order valence-electron chi connectivity index (χ4n) is 6.97. The van der Waals surface area contributed by atoms with E-state index in [1.54, 1.807) is 6.08 Å². The Kier molecular flexibility index (Phi) is 5.50. The van der Waals surface area contributed by atoms with Crippen LogP contribution in [0.25, 0.3) is 76.7 Å². The first-order valence-corrected chi connectivity index (χ1v) is 15.2. The highest BCUT2D eigenvalue weighted by atomic mass is 16.3. The van der Waals surface area contributed by atoms with Gasteiger partial charge in [0.2, 0.25) is 0 Å². The first-order valence-electron chi connectivity index (χ1n) is 15.2. The summed E-state index contributed by atoms with van der Waals surface area (Å²) in [6, 6.07) is 43.4. The summed E-state index contributed by atoms with van der Waals surface area (Å²) in [5.74, 6) is 0. The molecule has 0 saturated heterocycles. The van der Waals surface area contributed by atoms with Gasteiger partial charge in [0.25, 0.3) is 0 Å². The van der Waals surface area contributed by atoms with Crippen LogP contribution < -0.4 is 5.32 Å². The number of rotatable bonds is 6. The number of nitrogens with zero attached hydrogens (tertiary/aromatic N) is 1. The van der Waals surface area contributed by atoms with Crippen LogP contribution in [0.15, 0.2) is 157 Å². The van der Waals surface area contributed by atoms with Gasteiger partial charge in [0.05, 0.1) is 16.6 Å². The Labute approximate surface area is 260 Å². The average molecular weight is 577 g/mol. The highest BCUT2D eigenvalue weighted by molar-refractivity contribution is 6.24. The van der Waals surface area contributed by atoms with Crippen LogP contribution in [0, 0.1) is 0 Å². The van der Waals surface area contributed by atoms with Crippen LogP contribution in [-0.4, -0.2) is 4.40 Å². The van der Waals surface area contributed by atoms with E-state index in [0.29, 0.717) is 0 Å². The Morgan fingerprint density at radius 1 is 0.578 bits per heavy atom. The molecule has 0 fully saturated rings. The number of benzene rings is 6. The molecule has 1 N–H and O–H groups in total. The van der Waals surface area contributed by atoms with Crippen LogP contribution in [0.5, 0.6) is 0 Å². The molecule has 0 unspecified atom stereocenters. The Morgan fingerprint density at radius 2 is 1.18 bits per heavy atom. The zero-order valence-electron chi connectivity index (χ0n) is 24.5. The molecule has 0 atom stereocenters. The Hall–Kier alpha value is -6.06. The summed E-state index contributed by atoms with van der Waals surface area (Å²) in [6.07, 6.45) is 5.59. The van der Waals surface area contributed by atoms with Crippen LogP contribution >= 0.6 is 0 Å². The molecule has 0 radical (unpaired) electrons. The minimum atomic E-state index is 0.874. The maximum atomic E-state index is 6.29.